The van der Waals surface area contributed by atoms with Crippen molar-refractivity contribution in [3.63, 3.8) is 0 Å². The number of aromatic nitrogens is 1. The van der Waals surface area contributed by atoms with Gasteiger partial charge in [-0.15, -0.1) is 0 Å². The lowest BCUT2D eigenvalue weighted by Crippen LogP contribution is -2.27. The summed E-state index contributed by atoms with van der Waals surface area (Å²) in [4.78, 5) is 6.73. The molecule has 0 aliphatic heterocycles. The Labute approximate surface area is 153 Å². The number of anilines is 1. The van der Waals surface area contributed by atoms with Gasteiger partial charge in [0.05, 0.1) is 36.7 Å². The highest BCUT2D eigenvalue weighted by Crippen LogP contribution is 2.49. The molecule has 0 radical (unpaired) electrons. The molecule has 5 heteroatoms. The highest BCUT2D eigenvalue weighted by Gasteiger charge is 2.32. The molecule has 0 bridgehead atoms. The average Bonchev–Trinajstić information content (AvgIpc) is 3.01. The molecule has 5 nitrogen and oxygen atoms in total. The molecular formula is C21H19N5. The van der Waals surface area contributed by atoms with Crippen molar-refractivity contribution < 1.29 is 0 Å². The van der Waals surface area contributed by atoms with Gasteiger partial charge in [-0.25, -0.2) is 0 Å². The zero-order chi connectivity index (χ0) is 18.4. The van der Waals surface area contributed by atoms with Crippen LogP contribution in [0.2, 0.25) is 0 Å². The minimum Gasteiger partial charge on any atom is -0.369 e. The van der Waals surface area contributed by atoms with Crippen LogP contribution in [0, 0.1) is 34.0 Å². The van der Waals surface area contributed by atoms with Crippen LogP contribution in [0.3, 0.4) is 0 Å². The number of rotatable bonds is 7. The van der Waals surface area contributed by atoms with Crippen molar-refractivity contribution in [2.75, 3.05) is 18.0 Å². The normalized spacial score (nSPS) is 13.8. The van der Waals surface area contributed by atoms with Crippen molar-refractivity contribution in [1.82, 2.24) is 4.98 Å². The lowest BCUT2D eigenvalue weighted by molar-refractivity contribution is 0.731. The lowest BCUT2D eigenvalue weighted by Gasteiger charge is -2.27. The molecule has 1 aliphatic rings. The molecule has 0 fully saturated rings. The maximum absolute atomic E-state index is 9.09. The molecule has 1 unspecified atom stereocenters. The van der Waals surface area contributed by atoms with Gasteiger partial charge in [-0.3, -0.25) is 4.98 Å². The van der Waals surface area contributed by atoms with Crippen LogP contribution < -0.4 is 4.90 Å². The van der Waals surface area contributed by atoms with E-state index in [1.165, 1.54) is 5.56 Å². The van der Waals surface area contributed by atoms with Crippen LogP contribution in [0.4, 0.5) is 5.69 Å². The number of hydrogen-bond acceptors (Lipinski definition) is 5. The van der Waals surface area contributed by atoms with E-state index in [-0.39, 0.29) is 5.92 Å². The number of nitriles is 3. The smallest absolute Gasteiger partial charge is 0.0763 e. The highest BCUT2D eigenvalue weighted by molar-refractivity contribution is 5.81. The first-order chi connectivity index (χ1) is 12.8. The van der Waals surface area contributed by atoms with E-state index in [9.17, 15) is 0 Å². The Morgan fingerprint density at radius 2 is 1.62 bits per heavy atom. The van der Waals surface area contributed by atoms with Crippen LogP contribution in [-0.4, -0.2) is 18.1 Å². The molecule has 0 saturated heterocycles. The zero-order valence-electron chi connectivity index (χ0n) is 14.5. The van der Waals surface area contributed by atoms with E-state index in [1.807, 2.05) is 18.2 Å². The van der Waals surface area contributed by atoms with Crippen molar-refractivity contribution in [3.8, 4) is 29.5 Å². The van der Waals surface area contributed by atoms with Gasteiger partial charge >= 0.3 is 0 Å². The van der Waals surface area contributed by atoms with E-state index in [4.69, 9.17) is 15.8 Å². The Bertz CT molecular complexity index is 895. The highest BCUT2D eigenvalue weighted by atomic mass is 15.1. The van der Waals surface area contributed by atoms with E-state index in [0.29, 0.717) is 32.4 Å². The Hall–Kier alpha value is -3.36. The van der Waals surface area contributed by atoms with Crippen LogP contribution in [-0.2, 0) is 0 Å². The maximum atomic E-state index is 9.09. The van der Waals surface area contributed by atoms with Gasteiger partial charge in [0, 0.05) is 48.4 Å². The van der Waals surface area contributed by atoms with Crippen molar-refractivity contribution >= 4 is 5.69 Å². The summed E-state index contributed by atoms with van der Waals surface area (Å²) in [7, 11) is 0. The van der Waals surface area contributed by atoms with Gasteiger partial charge in [-0.05, 0) is 18.1 Å². The summed E-state index contributed by atoms with van der Waals surface area (Å²) in [6.45, 7) is 1.16. The van der Waals surface area contributed by atoms with Gasteiger partial charge in [0.15, 0.2) is 0 Å². The Balaban J connectivity index is 2.09. The van der Waals surface area contributed by atoms with Crippen LogP contribution in [0.5, 0.6) is 0 Å². The van der Waals surface area contributed by atoms with Crippen molar-refractivity contribution in [2.45, 2.75) is 31.6 Å². The largest absolute Gasteiger partial charge is 0.369 e. The second-order valence-corrected chi connectivity index (χ2v) is 6.23. The summed E-state index contributed by atoms with van der Waals surface area (Å²) in [6, 6.07) is 16.8. The molecule has 1 atom stereocenters. The molecule has 3 rings (SSSR count). The summed E-state index contributed by atoms with van der Waals surface area (Å²) in [5.74, 6) is 0.122. The monoisotopic (exact) mass is 341 g/mol. The van der Waals surface area contributed by atoms with Gasteiger partial charge in [-0.1, -0.05) is 24.3 Å². The number of benzene rings is 1. The van der Waals surface area contributed by atoms with Crippen LogP contribution in [0.15, 0.2) is 36.5 Å². The fraction of sp³-hybridized carbons (Fsp3) is 0.333. The first-order valence-corrected chi connectivity index (χ1v) is 8.75. The summed E-state index contributed by atoms with van der Waals surface area (Å²) < 4.78 is 0. The molecule has 128 valence electrons. The third kappa shape index (κ3) is 3.23. The summed E-state index contributed by atoms with van der Waals surface area (Å²) in [5.41, 5.74) is 5.44. The summed E-state index contributed by atoms with van der Waals surface area (Å²) in [6.07, 6.45) is 3.81. The molecule has 1 aliphatic carbocycles. The number of hydrogen-bond donors (Lipinski definition) is 0. The lowest BCUT2D eigenvalue weighted by atomic mass is 9.91. The van der Waals surface area contributed by atoms with E-state index in [0.717, 1.165) is 28.9 Å². The van der Waals surface area contributed by atoms with Crippen LogP contribution in [0.1, 0.15) is 42.7 Å². The van der Waals surface area contributed by atoms with Crippen molar-refractivity contribution in [1.29, 1.82) is 15.8 Å². The number of pyridine rings is 1. The Morgan fingerprint density at radius 3 is 2.31 bits per heavy atom. The summed E-state index contributed by atoms with van der Waals surface area (Å²) >= 11 is 0. The maximum Gasteiger partial charge on any atom is 0.0763 e. The molecule has 1 aromatic carbocycles. The molecule has 0 amide bonds. The minimum atomic E-state index is 0.122. The predicted molar refractivity (Wildman–Crippen MR) is 99.0 cm³/mol. The minimum absolute atomic E-state index is 0.122. The SMILES string of the molecule is N#CCCC1c2ccccc2-c2nccc(N(CCC#N)CCC#N)c21. The van der Waals surface area contributed by atoms with Crippen LogP contribution >= 0.6 is 0 Å². The van der Waals surface area contributed by atoms with Crippen molar-refractivity contribution in [3.05, 3.63) is 47.7 Å². The summed E-state index contributed by atoms with van der Waals surface area (Å²) in [5, 5.41) is 27.1. The molecule has 0 spiro atoms. The molecule has 0 N–H and O–H groups in total. The number of nitrogens with zero attached hydrogens (tertiary/aromatic N) is 5. The molecule has 1 heterocycles. The van der Waals surface area contributed by atoms with Crippen LogP contribution in [0.25, 0.3) is 11.3 Å². The quantitative estimate of drug-likeness (QED) is 0.755. The van der Waals surface area contributed by atoms with E-state index < -0.39 is 0 Å². The number of fused-ring (bicyclic) bond motifs is 3. The molecule has 26 heavy (non-hydrogen) atoms. The first kappa shape index (κ1) is 17.5. The molecular weight excluding hydrogens is 322 g/mol. The predicted octanol–water partition coefficient (Wildman–Crippen LogP) is 4.13. The van der Waals surface area contributed by atoms with Gasteiger partial charge in [0.2, 0.25) is 0 Å². The van der Waals surface area contributed by atoms with Crippen molar-refractivity contribution in [2.24, 2.45) is 0 Å². The van der Waals surface area contributed by atoms with Gasteiger partial charge in [0.25, 0.3) is 0 Å². The second-order valence-electron chi connectivity index (χ2n) is 6.23. The van der Waals surface area contributed by atoms with E-state index in [2.05, 4.69) is 40.2 Å². The fourth-order valence-corrected chi connectivity index (χ4v) is 3.70. The molecule has 2 aromatic rings. The average molecular weight is 341 g/mol. The zero-order valence-corrected chi connectivity index (χ0v) is 14.5. The fourth-order valence-electron chi connectivity index (χ4n) is 3.70. The second kappa shape index (κ2) is 8.15. The third-order valence-corrected chi connectivity index (χ3v) is 4.78. The Morgan fingerprint density at radius 1 is 0.923 bits per heavy atom. The van der Waals surface area contributed by atoms with Gasteiger partial charge < -0.3 is 4.90 Å². The molecule has 1 aromatic heterocycles. The van der Waals surface area contributed by atoms with Gasteiger partial charge in [-0.2, -0.15) is 15.8 Å². The third-order valence-electron chi connectivity index (χ3n) is 4.78. The standard InChI is InChI=1S/C21H19N5/c22-10-3-8-17-16-6-1-2-7-18(16)21-20(17)19(9-13-25-21)26(14-4-11-23)15-5-12-24/h1-2,6-7,9,13,17H,3-5,8,14-15H2. The van der Waals surface area contributed by atoms with E-state index in [1.54, 1.807) is 6.20 Å². The Kier molecular flexibility index (Phi) is 5.47. The van der Waals surface area contributed by atoms with E-state index >= 15 is 0 Å². The van der Waals surface area contributed by atoms with Gasteiger partial charge in [0.1, 0.15) is 0 Å². The molecule has 0 saturated carbocycles. The first-order valence-electron chi connectivity index (χ1n) is 8.75. The topological polar surface area (TPSA) is 87.5 Å².